The zero-order valence-corrected chi connectivity index (χ0v) is 9.61. The molecule has 0 bridgehead atoms. The molecule has 0 amide bonds. The fraction of sp³-hybridized carbons (Fsp3) is 0.625. The van der Waals surface area contributed by atoms with E-state index >= 15 is 0 Å². The van der Waals surface area contributed by atoms with Gasteiger partial charge in [0, 0.05) is 33.5 Å². The van der Waals surface area contributed by atoms with E-state index in [1.807, 2.05) is 0 Å². The zero-order chi connectivity index (χ0) is 10.9. The molecule has 0 aliphatic heterocycles. The van der Waals surface area contributed by atoms with Gasteiger partial charge < -0.3 is 4.57 Å². The number of sulfonamides is 1. The van der Waals surface area contributed by atoms with Crippen LogP contribution >= 0.6 is 0 Å². The molecule has 1 heterocycles. The molecule has 1 aromatic heterocycles. The molecule has 1 aromatic rings. The van der Waals surface area contributed by atoms with Crippen molar-refractivity contribution in [1.82, 2.24) is 13.9 Å². The first-order valence-electron chi connectivity index (χ1n) is 4.26. The van der Waals surface area contributed by atoms with E-state index in [1.165, 1.54) is 18.4 Å². The van der Waals surface area contributed by atoms with E-state index in [0.29, 0.717) is 5.82 Å². The second-order valence-corrected chi connectivity index (χ2v) is 5.83. The summed E-state index contributed by atoms with van der Waals surface area (Å²) in [5.74, 6) is 0.554. The third-order valence-corrected chi connectivity index (χ3v) is 4.30. The zero-order valence-electron chi connectivity index (χ0n) is 8.80. The summed E-state index contributed by atoms with van der Waals surface area (Å²) < 4.78 is 26.4. The van der Waals surface area contributed by atoms with Crippen LogP contribution < -0.4 is 0 Å². The van der Waals surface area contributed by atoms with Crippen molar-refractivity contribution in [2.24, 2.45) is 7.05 Å². The SMILES string of the molecule is C[C@@H](c1nccn1C)S(=O)(=O)N(C)C. The van der Waals surface area contributed by atoms with Crippen molar-refractivity contribution >= 4 is 10.0 Å². The summed E-state index contributed by atoms with van der Waals surface area (Å²) in [5, 5.41) is -0.613. The Labute approximate surface area is 84.4 Å². The molecule has 80 valence electrons. The van der Waals surface area contributed by atoms with Crippen molar-refractivity contribution < 1.29 is 8.42 Å². The molecule has 0 aromatic carbocycles. The molecule has 14 heavy (non-hydrogen) atoms. The minimum absolute atomic E-state index is 0.554. The number of hydrogen-bond acceptors (Lipinski definition) is 3. The van der Waals surface area contributed by atoms with Gasteiger partial charge in [-0.15, -0.1) is 0 Å². The third kappa shape index (κ3) is 1.80. The molecule has 0 aliphatic rings. The van der Waals surface area contributed by atoms with Gasteiger partial charge in [-0.25, -0.2) is 17.7 Å². The van der Waals surface area contributed by atoms with Crippen LogP contribution in [0.3, 0.4) is 0 Å². The Morgan fingerprint density at radius 2 is 2.07 bits per heavy atom. The minimum atomic E-state index is -3.27. The van der Waals surface area contributed by atoms with Crippen LogP contribution in [0.15, 0.2) is 12.4 Å². The maximum absolute atomic E-state index is 11.8. The molecule has 0 saturated heterocycles. The average molecular weight is 217 g/mol. The van der Waals surface area contributed by atoms with Crippen molar-refractivity contribution in [3.63, 3.8) is 0 Å². The summed E-state index contributed by atoms with van der Waals surface area (Å²) in [6.07, 6.45) is 3.33. The molecular formula is C8H15N3O2S. The molecule has 0 radical (unpaired) electrons. The Morgan fingerprint density at radius 1 is 1.50 bits per heavy atom. The number of aryl methyl sites for hydroxylation is 1. The first-order valence-corrected chi connectivity index (χ1v) is 5.76. The van der Waals surface area contributed by atoms with Gasteiger partial charge in [0.05, 0.1) is 0 Å². The predicted octanol–water partition coefficient (Wildman–Crippen LogP) is 0.373. The lowest BCUT2D eigenvalue weighted by atomic mass is 10.4. The van der Waals surface area contributed by atoms with E-state index in [0.717, 1.165) is 0 Å². The Morgan fingerprint density at radius 3 is 2.43 bits per heavy atom. The van der Waals surface area contributed by atoms with Crippen LogP contribution in [0.2, 0.25) is 0 Å². The lowest BCUT2D eigenvalue weighted by Crippen LogP contribution is -2.28. The van der Waals surface area contributed by atoms with Gasteiger partial charge in [-0.05, 0) is 6.92 Å². The van der Waals surface area contributed by atoms with E-state index < -0.39 is 15.3 Å². The van der Waals surface area contributed by atoms with Crippen LogP contribution in [0.25, 0.3) is 0 Å². The number of imidazole rings is 1. The summed E-state index contributed by atoms with van der Waals surface area (Å²) in [6, 6.07) is 0. The molecule has 0 N–H and O–H groups in total. The van der Waals surface area contributed by atoms with Gasteiger partial charge >= 0.3 is 0 Å². The fourth-order valence-corrected chi connectivity index (χ4v) is 2.34. The summed E-state index contributed by atoms with van der Waals surface area (Å²) in [7, 11) is 1.55. The monoisotopic (exact) mass is 217 g/mol. The molecular weight excluding hydrogens is 202 g/mol. The second-order valence-electron chi connectivity index (χ2n) is 3.37. The summed E-state index contributed by atoms with van der Waals surface area (Å²) in [6.45, 7) is 1.64. The maximum atomic E-state index is 11.8. The molecule has 0 fully saturated rings. The van der Waals surface area contributed by atoms with Crippen LogP contribution in [0.5, 0.6) is 0 Å². The third-order valence-electron chi connectivity index (χ3n) is 2.18. The van der Waals surface area contributed by atoms with Gasteiger partial charge in [0.15, 0.2) is 0 Å². The standard InChI is InChI=1S/C8H15N3O2S/c1-7(14(12,13)10(2)3)8-9-5-6-11(8)4/h5-7H,1-4H3/t7-/m0/s1. The summed E-state index contributed by atoms with van der Waals surface area (Å²) >= 11 is 0. The highest BCUT2D eigenvalue weighted by Crippen LogP contribution is 2.21. The average Bonchev–Trinajstić information content (AvgIpc) is 2.49. The molecule has 1 atom stereocenters. The fourth-order valence-electron chi connectivity index (χ4n) is 1.22. The summed E-state index contributed by atoms with van der Waals surface area (Å²) in [4.78, 5) is 4.02. The van der Waals surface area contributed by atoms with Crippen molar-refractivity contribution in [2.75, 3.05) is 14.1 Å². The van der Waals surface area contributed by atoms with E-state index in [1.54, 1.807) is 30.9 Å². The predicted molar refractivity (Wildman–Crippen MR) is 54.2 cm³/mol. The van der Waals surface area contributed by atoms with Gasteiger partial charge in [-0.1, -0.05) is 0 Å². The number of hydrogen-bond donors (Lipinski definition) is 0. The molecule has 0 spiro atoms. The van der Waals surface area contributed by atoms with Crippen molar-refractivity contribution in [3.05, 3.63) is 18.2 Å². The van der Waals surface area contributed by atoms with Gasteiger partial charge in [0.1, 0.15) is 11.1 Å². The van der Waals surface area contributed by atoms with Crippen molar-refractivity contribution in [3.8, 4) is 0 Å². The van der Waals surface area contributed by atoms with Gasteiger partial charge in [0.2, 0.25) is 10.0 Å². The van der Waals surface area contributed by atoms with Crippen molar-refractivity contribution in [1.29, 1.82) is 0 Å². The molecule has 6 heteroatoms. The Bertz CT molecular complexity index is 408. The van der Waals surface area contributed by atoms with Crippen LogP contribution in [0.1, 0.15) is 18.0 Å². The molecule has 5 nitrogen and oxygen atoms in total. The number of rotatable bonds is 3. The Hall–Kier alpha value is -0.880. The Kier molecular flexibility index (Phi) is 2.96. The van der Waals surface area contributed by atoms with E-state index in [2.05, 4.69) is 4.98 Å². The lowest BCUT2D eigenvalue weighted by molar-refractivity contribution is 0.505. The minimum Gasteiger partial charge on any atom is -0.337 e. The molecule has 1 rings (SSSR count). The van der Waals surface area contributed by atoms with Crippen LogP contribution in [-0.4, -0.2) is 36.4 Å². The number of aromatic nitrogens is 2. The normalized spacial score (nSPS) is 14.6. The molecule has 0 saturated carbocycles. The van der Waals surface area contributed by atoms with Crippen molar-refractivity contribution in [2.45, 2.75) is 12.2 Å². The number of nitrogens with zero attached hydrogens (tertiary/aromatic N) is 3. The van der Waals surface area contributed by atoms with Crippen LogP contribution in [0, 0.1) is 0 Å². The lowest BCUT2D eigenvalue weighted by Gasteiger charge is -2.17. The van der Waals surface area contributed by atoms with E-state index in [-0.39, 0.29) is 0 Å². The highest BCUT2D eigenvalue weighted by atomic mass is 32.2. The summed E-state index contributed by atoms with van der Waals surface area (Å²) in [5.41, 5.74) is 0. The first kappa shape index (κ1) is 11.2. The Balaban J connectivity index is 3.09. The van der Waals surface area contributed by atoms with Gasteiger partial charge in [0.25, 0.3) is 0 Å². The van der Waals surface area contributed by atoms with E-state index in [4.69, 9.17) is 0 Å². The smallest absolute Gasteiger partial charge is 0.223 e. The topological polar surface area (TPSA) is 55.2 Å². The molecule has 0 aliphatic carbocycles. The first-order chi connectivity index (χ1) is 6.37. The largest absolute Gasteiger partial charge is 0.337 e. The van der Waals surface area contributed by atoms with Crippen LogP contribution in [0.4, 0.5) is 0 Å². The highest BCUT2D eigenvalue weighted by Gasteiger charge is 2.27. The highest BCUT2D eigenvalue weighted by molar-refractivity contribution is 7.89. The molecule has 0 unspecified atom stereocenters. The van der Waals surface area contributed by atoms with Crippen LogP contribution in [-0.2, 0) is 17.1 Å². The quantitative estimate of drug-likeness (QED) is 0.735. The second kappa shape index (κ2) is 3.70. The maximum Gasteiger partial charge on any atom is 0.223 e. The van der Waals surface area contributed by atoms with E-state index in [9.17, 15) is 8.42 Å². The van der Waals surface area contributed by atoms with Gasteiger partial charge in [-0.2, -0.15) is 0 Å². The van der Waals surface area contributed by atoms with Gasteiger partial charge in [-0.3, -0.25) is 0 Å².